The van der Waals surface area contributed by atoms with Gasteiger partial charge >= 0.3 is 0 Å². The van der Waals surface area contributed by atoms with Crippen LogP contribution < -0.4 is 19.9 Å². The predicted octanol–water partition coefficient (Wildman–Crippen LogP) is 0.574. The molecule has 2 aromatic heterocycles. The molecule has 3 aromatic rings. The first-order valence-corrected chi connectivity index (χ1v) is 8.67. The molecule has 0 unspecified atom stereocenters. The monoisotopic (exact) mass is 343 g/mol. The fourth-order valence-corrected chi connectivity index (χ4v) is 3.68. The summed E-state index contributed by atoms with van der Waals surface area (Å²) in [5.41, 5.74) is 1.99. The molecule has 1 aromatic carbocycles. The number of nitrogens with one attached hydrogen (secondary N) is 2. The Morgan fingerprint density at radius 2 is 1.92 bits per heavy atom. The van der Waals surface area contributed by atoms with Gasteiger partial charge in [0.1, 0.15) is 11.0 Å². The number of hydrogen-bond acceptors (Lipinski definition) is 4. The molecule has 1 saturated heterocycles. The Morgan fingerprint density at radius 3 is 2.64 bits per heavy atom. The number of hydrogen-bond donors (Lipinski definition) is 2. The van der Waals surface area contributed by atoms with Crippen LogP contribution in [-0.2, 0) is 6.54 Å². The highest BCUT2D eigenvalue weighted by Crippen LogP contribution is 2.34. The Labute approximate surface area is 145 Å². The van der Waals surface area contributed by atoms with Crippen LogP contribution in [-0.4, -0.2) is 48.4 Å². The zero-order chi connectivity index (χ0) is 17.4. The van der Waals surface area contributed by atoms with Gasteiger partial charge in [-0.15, -0.1) is 0 Å². The maximum atomic E-state index is 12.8. The summed E-state index contributed by atoms with van der Waals surface area (Å²) in [4.78, 5) is 22.1. The van der Waals surface area contributed by atoms with E-state index in [2.05, 4.69) is 9.97 Å². The van der Waals surface area contributed by atoms with Gasteiger partial charge in [0.25, 0.3) is 5.56 Å². The van der Waals surface area contributed by atoms with E-state index in [-0.39, 0.29) is 5.56 Å². The van der Waals surface area contributed by atoms with Gasteiger partial charge in [-0.2, -0.15) is 0 Å². The van der Waals surface area contributed by atoms with Gasteiger partial charge < -0.3 is 19.4 Å². The maximum absolute atomic E-state index is 12.8. The van der Waals surface area contributed by atoms with Crippen LogP contribution in [0.5, 0.6) is 11.5 Å². The number of rotatable bonds is 5. The fourth-order valence-electron chi connectivity index (χ4n) is 3.68. The minimum absolute atomic E-state index is 0.0299. The lowest BCUT2D eigenvalue weighted by Crippen LogP contribution is -3.10. The lowest BCUT2D eigenvalue weighted by Gasteiger charge is -2.12. The quantitative estimate of drug-likeness (QED) is 0.711. The van der Waals surface area contributed by atoms with Crippen LogP contribution in [0.15, 0.2) is 23.3 Å². The first-order valence-electron chi connectivity index (χ1n) is 8.67. The van der Waals surface area contributed by atoms with E-state index in [0.29, 0.717) is 29.1 Å². The van der Waals surface area contributed by atoms with Crippen LogP contribution in [0.2, 0.25) is 0 Å². The summed E-state index contributed by atoms with van der Waals surface area (Å²) in [7, 11) is 3.19. The van der Waals surface area contributed by atoms with E-state index in [1.54, 1.807) is 30.0 Å². The SMILES string of the molecule is COc1cc2[nH]c3c(=O)n(CC[NH+]4CCCC4)cnc3c2cc1OC. The number of nitrogens with zero attached hydrogens (tertiary/aromatic N) is 2. The third-order valence-corrected chi connectivity index (χ3v) is 5.09. The molecule has 0 atom stereocenters. The Morgan fingerprint density at radius 1 is 1.20 bits per heavy atom. The lowest BCUT2D eigenvalue weighted by atomic mass is 10.2. The van der Waals surface area contributed by atoms with Gasteiger partial charge in [0.05, 0.1) is 52.2 Å². The van der Waals surface area contributed by atoms with E-state index in [9.17, 15) is 4.79 Å². The average Bonchev–Trinajstić information content (AvgIpc) is 3.27. The molecule has 7 nitrogen and oxygen atoms in total. The smallest absolute Gasteiger partial charge is 0.277 e. The zero-order valence-electron chi connectivity index (χ0n) is 14.6. The van der Waals surface area contributed by atoms with E-state index in [0.717, 1.165) is 17.4 Å². The molecule has 0 saturated carbocycles. The number of aromatic nitrogens is 3. The minimum Gasteiger partial charge on any atom is -0.493 e. The Kier molecular flexibility index (Phi) is 4.09. The van der Waals surface area contributed by atoms with Crippen molar-refractivity contribution in [1.29, 1.82) is 0 Å². The maximum Gasteiger partial charge on any atom is 0.277 e. The molecule has 1 fully saturated rings. The average molecular weight is 343 g/mol. The molecular weight excluding hydrogens is 320 g/mol. The number of H-pyrrole nitrogens is 1. The van der Waals surface area contributed by atoms with Gasteiger partial charge in [-0.05, 0) is 6.07 Å². The van der Waals surface area contributed by atoms with Crippen LogP contribution in [0.3, 0.4) is 0 Å². The largest absolute Gasteiger partial charge is 0.493 e. The van der Waals surface area contributed by atoms with Crippen LogP contribution in [0.4, 0.5) is 0 Å². The molecule has 0 radical (unpaired) electrons. The van der Waals surface area contributed by atoms with Crippen LogP contribution >= 0.6 is 0 Å². The number of benzene rings is 1. The van der Waals surface area contributed by atoms with E-state index in [1.807, 2.05) is 12.1 Å². The summed E-state index contributed by atoms with van der Waals surface area (Å²) in [6.07, 6.45) is 4.23. The lowest BCUT2D eigenvalue weighted by molar-refractivity contribution is -0.888. The number of likely N-dealkylation sites (tertiary alicyclic amines) is 1. The molecule has 132 valence electrons. The predicted molar refractivity (Wildman–Crippen MR) is 95.8 cm³/mol. The van der Waals surface area contributed by atoms with Crippen LogP contribution in [0.25, 0.3) is 21.9 Å². The van der Waals surface area contributed by atoms with Gasteiger partial charge in [0.15, 0.2) is 11.5 Å². The van der Waals surface area contributed by atoms with Crippen molar-refractivity contribution < 1.29 is 14.4 Å². The number of methoxy groups -OCH3 is 2. The molecule has 2 N–H and O–H groups in total. The standard InChI is InChI=1S/C18H22N4O3/c1-24-14-9-12-13(10-15(14)25-2)20-17-16(12)19-11-22(18(17)23)8-7-21-5-3-4-6-21/h9-11,20H,3-8H2,1-2H3/p+1. The number of aromatic amines is 1. The molecule has 25 heavy (non-hydrogen) atoms. The van der Waals surface area contributed by atoms with Crippen molar-refractivity contribution in [3.8, 4) is 11.5 Å². The number of ether oxygens (including phenoxy) is 2. The van der Waals surface area contributed by atoms with E-state index in [4.69, 9.17) is 9.47 Å². The molecule has 7 heteroatoms. The molecule has 0 amide bonds. The summed E-state index contributed by atoms with van der Waals surface area (Å²) in [6, 6.07) is 3.70. The van der Waals surface area contributed by atoms with Crippen molar-refractivity contribution in [3.63, 3.8) is 0 Å². The van der Waals surface area contributed by atoms with Crippen molar-refractivity contribution in [2.75, 3.05) is 33.9 Å². The summed E-state index contributed by atoms with van der Waals surface area (Å²) in [5, 5.41) is 0.863. The Hall–Kier alpha value is -2.54. The highest BCUT2D eigenvalue weighted by atomic mass is 16.5. The summed E-state index contributed by atoms with van der Waals surface area (Å²) in [5.74, 6) is 1.25. The van der Waals surface area contributed by atoms with Gasteiger partial charge in [0.2, 0.25) is 0 Å². The third kappa shape index (κ3) is 2.74. The van der Waals surface area contributed by atoms with Crippen molar-refractivity contribution in [3.05, 3.63) is 28.8 Å². The van der Waals surface area contributed by atoms with E-state index >= 15 is 0 Å². The molecule has 0 aliphatic carbocycles. The van der Waals surface area contributed by atoms with Crippen LogP contribution in [0.1, 0.15) is 12.8 Å². The summed E-state index contributed by atoms with van der Waals surface area (Å²) in [6.45, 7) is 4.07. The normalized spacial score (nSPS) is 15.3. The molecule has 1 aliphatic rings. The molecular formula is C18H23N4O3+. The second-order valence-corrected chi connectivity index (χ2v) is 6.55. The van der Waals surface area contributed by atoms with Gasteiger partial charge in [0, 0.05) is 24.3 Å². The molecule has 0 bridgehead atoms. The molecule has 4 rings (SSSR count). The summed E-state index contributed by atoms with van der Waals surface area (Å²) < 4.78 is 12.4. The van der Waals surface area contributed by atoms with Gasteiger partial charge in [-0.25, -0.2) is 4.98 Å². The minimum atomic E-state index is -0.0299. The Bertz CT molecular complexity index is 970. The highest BCUT2D eigenvalue weighted by Gasteiger charge is 2.17. The molecule has 1 aliphatic heterocycles. The second-order valence-electron chi connectivity index (χ2n) is 6.55. The first kappa shape index (κ1) is 16.0. The van der Waals surface area contributed by atoms with Gasteiger partial charge in [-0.3, -0.25) is 9.36 Å². The first-order chi connectivity index (χ1) is 12.2. The molecule has 0 spiro atoms. The Balaban J connectivity index is 1.75. The zero-order valence-corrected chi connectivity index (χ0v) is 14.6. The topological polar surface area (TPSA) is 73.6 Å². The second kappa shape index (κ2) is 6.40. The number of fused-ring (bicyclic) bond motifs is 3. The number of quaternary nitrogens is 1. The fraction of sp³-hybridized carbons (Fsp3) is 0.444. The van der Waals surface area contributed by atoms with E-state index < -0.39 is 0 Å². The van der Waals surface area contributed by atoms with Crippen LogP contribution in [0, 0.1) is 0 Å². The van der Waals surface area contributed by atoms with E-state index in [1.165, 1.54) is 25.9 Å². The van der Waals surface area contributed by atoms with Crippen molar-refractivity contribution in [2.45, 2.75) is 19.4 Å². The van der Waals surface area contributed by atoms with Gasteiger partial charge in [-0.1, -0.05) is 0 Å². The third-order valence-electron chi connectivity index (χ3n) is 5.09. The van der Waals surface area contributed by atoms with Crippen molar-refractivity contribution in [1.82, 2.24) is 14.5 Å². The molecule has 3 heterocycles. The van der Waals surface area contributed by atoms with Crippen molar-refractivity contribution >= 4 is 21.9 Å². The van der Waals surface area contributed by atoms with Crippen molar-refractivity contribution in [2.24, 2.45) is 0 Å². The summed E-state index contributed by atoms with van der Waals surface area (Å²) >= 11 is 0. The highest BCUT2D eigenvalue weighted by molar-refractivity contribution is 6.05.